The quantitative estimate of drug-likeness (QED) is 0.715. The molecule has 0 saturated carbocycles. The fourth-order valence-electron chi connectivity index (χ4n) is 1.27. The first-order valence-corrected chi connectivity index (χ1v) is 5.06. The van der Waals surface area contributed by atoms with Crippen LogP contribution in [0.25, 0.3) is 0 Å². The predicted molar refractivity (Wildman–Crippen MR) is 61.8 cm³/mol. The minimum Gasteiger partial charge on any atom is -0.494 e. The highest BCUT2D eigenvalue weighted by atomic mass is 19.1. The smallest absolute Gasteiger partial charge is 0.305 e. The molecular weight excluding hydrogens is 243 g/mol. The van der Waals surface area contributed by atoms with Gasteiger partial charge in [0.05, 0.1) is 25.3 Å². The van der Waals surface area contributed by atoms with Crippen LogP contribution in [-0.2, 0) is 9.59 Å². The van der Waals surface area contributed by atoms with E-state index in [0.29, 0.717) is 0 Å². The molecule has 0 aliphatic heterocycles. The Balaban J connectivity index is 2.78. The van der Waals surface area contributed by atoms with Crippen molar-refractivity contribution in [3.05, 3.63) is 24.0 Å². The number of benzene rings is 1. The molecule has 6 nitrogen and oxygen atoms in total. The van der Waals surface area contributed by atoms with Crippen molar-refractivity contribution in [1.29, 1.82) is 0 Å². The third-order valence-electron chi connectivity index (χ3n) is 2.15. The summed E-state index contributed by atoms with van der Waals surface area (Å²) < 4.78 is 17.8. The van der Waals surface area contributed by atoms with Gasteiger partial charge >= 0.3 is 5.97 Å². The summed E-state index contributed by atoms with van der Waals surface area (Å²) in [4.78, 5) is 22.0. The fraction of sp³-hybridized carbons (Fsp3) is 0.273. The number of methoxy groups -OCH3 is 1. The van der Waals surface area contributed by atoms with Gasteiger partial charge in [0.25, 0.3) is 0 Å². The van der Waals surface area contributed by atoms with Crippen LogP contribution in [0.2, 0.25) is 0 Å². The number of nitrogens with one attached hydrogen (secondary N) is 1. The number of carboxylic acids is 1. The molecule has 0 saturated heterocycles. The van der Waals surface area contributed by atoms with Gasteiger partial charge in [-0.3, -0.25) is 9.59 Å². The van der Waals surface area contributed by atoms with Crippen LogP contribution in [0.15, 0.2) is 18.2 Å². The molecule has 4 N–H and O–H groups in total. The Kier molecular flexibility index (Phi) is 4.61. The first-order chi connectivity index (χ1) is 8.43. The molecule has 7 heteroatoms. The zero-order valence-corrected chi connectivity index (χ0v) is 9.64. The van der Waals surface area contributed by atoms with Gasteiger partial charge in [-0.15, -0.1) is 0 Å². The Hall–Kier alpha value is -2.15. The van der Waals surface area contributed by atoms with Crippen molar-refractivity contribution in [2.45, 2.75) is 12.5 Å². The molecule has 0 aliphatic rings. The van der Waals surface area contributed by atoms with E-state index in [9.17, 15) is 14.0 Å². The first-order valence-electron chi connectivity index (χ1n) is 5.06. The Morgan fingerprint density at radius 2 is 2.22 bits per heavy atom. The highest BCUT2D eigenvalue weighted by Crippen LogP contribution is 2.24. The van der Waals surface area contributed by atoms with Crippen LogP contribution in [0, 0.1) is 5.82 Å². The van der Waals surface area contributed by atoms with Gasteiger partial charge in [-0.1, -0.05) is 0 Å². The van der Waals surface area contributed by atoms with Crippen molar-refractivity contribution in [2.24, 2.45) is 5.73 Å². The Morgan fingerprint density at radius 1 is 1.56 bits per heavy atom. The van der Waals surface area contributed by atoms with E-state index in [1.54, 1.807) is 0 Å². The molecule has 98 valence electrons. The van der Waals surface area contributed by atoms with Crippen LogP contribution in [0.3, 0.4) is 0 Å². The number of hydrogen-bond donors (Lipinski definition) is 3. The topological polar surface area (TPSA) is 102 Å². The fourth-order valence-corrected chi connectivity index (χ4v) is 1.27. The maximum Gasteiger partial charge on any atom is 0.305 e. The van der Waals surface area contributed by atoms with Crippen LogP contribution in [0.5, 0.6) is 5.75 Å². The molecule has 0 fully saturated rings. The standard InChI is InChI=1S/C11H13FN2O4/c1-18-9-4-6(12)2-3-8(9)14-11(17)7(13)5-10(15)16/h2-4,7H,5,13H2,1H3,(H,14,17)(H,15,16). The lowest BCUT2D eigenvalue weighted by Crippen LogP contribution is -2.37. The summed E-state index contributed by atoms with van der Waals surface area (Å²) in [6.45, 7) is 0. The van der Waals surface area contributed by atoms with Crippen molar-refractivity contribution in [3.63, 3.8) is 0 Å². The number of carboxylic acid groups (broad SMARTS) is 1. The van der Waals surface area contributed by atoms with E-state index >= 15 is 0 Å². The zero-order chi connectivity index (χ0) is 13.7. The lowest BCUT2D eigenvalue weighted by Gasteiger charge is -2.13. The molecule has 1 unspecified atom stereocenters. The third-order valence-corrected chi connectivity index (χ3v) is 2.15. The molecule has 1 amide bonds. The summed E-state index contributed by atoms with van der Waals surface area (Å²) in [5.41, 5.74) is 5.61. The summed E-state index contributed by atoms with van der Waals surface area (Å²) >= 11 is 0. The second-order valence-electron chi connectivity index (χ2n) is 3.54. The zero-order valence-electron chi connectivity index (χ0n) is 9.64. The average molecular weight is 256 g/mol. The number of carbonyl (C=O) groups excluding carboxylic acids is 1. The maximum absolute atomic E-state index is 12.9. The first kappa shape index (κ1) is 13.9. The number of ether oxygens (including phenoxy) is 1. The molecule has 0 aliphatic carbocycles. The van der Waals surface area contributed by atoms with Gasteiger partial charge in [0, 0.05) is 6.07 Å². The number of aliphatic carboxylic acids is 1. The molecule has 0 spiro atoms. The Labute approximate surface area is 103 Å². The third kappa shape index (κ3) is 3.70. The highest BCUT2D eigenvalue weighted by Gasteiger charge is 2.18. The van der Waals surface area contributed by atoms with Crippen LogP contribution in [-0.4, -0.2) is 30.1 Å². The van der Waals surface area contributed by atoms with E-state index in [4.69, 9.17) is 15.6 Å². The van der Waals surface area contributed by atoms with Gasteiger partial charge in [0.15, 0.2) is 0 Å². The molecule has 1 atom stereocenters. The van der Waals surface area contributed by atoms with Crippen molar-refractivity contribution in [3.8, 4) is 5.75 Å². The lowest BCUT2D eigenvalue weighted by molar-refractivity contribution is -0.138. The summed E-state index contributed by atoms with van der Waals surface area (Å²) in [5, 5.41) is 10.9. The van der Waals surface area contributed by atoms with Crippen molar-refractivity contribution in [1.82, 2.24) is 0 Å². The molecule has 0 heterocycles. The summed E-state index contributed by atoms with van der Waals surface area (Å²) in [6, 6.07) is 2.36. The number of nitrogens with two attached hydrogens (primary N) is 1. The van der Waals surface area contributed by atoms with Gasteiger partial charge < -0.3 is 20.9 Å². The normalized spacial score (nSPS) is 11.7. The SMILES string of the molecule is COc1cc(F)ccc1NC(=O)C(N)CC(=O)O. The number of amides is 1. The highest BCUT2D eigenvalue weighted by molar-refractivity contribution is 5.97. The number of halogens is 1. The van der Waals surface area contributed by atoms with Gasteiger partial charge in [-0.05, 0) is 12.1 Å². The van der Waals surface area contributed by atoms with Crippen molar-refractivity contribution in [2.75, 3.05) is 12.4 Å². The van der Waals surface area contributed by atoms with Crippen LogP contribution in [0.4, 0.5) is 10.1 Å². The summed E-state index contributed by atoms with van der Waals surface area (Å²) in [7, 11) is 1.32. The monoisotopic (exact) mass is 256 g/mol. The lowest BCUT2D eigenvalue weighted by atomic mass is 10.2. The Bertz CT molecular complexity index is 464. The van der Waals surface area contributed by atoms with Crippen molar-refractivity contribution < 1.29 is 23.8 Å². The van der Waals surface area contributed by atoms with E-state index in [2.05, 4.69) is 5.32 Å². The van der Waals surface area contributed by atoms with Crippen LogP contribution < -0.4 is 15.8 Å². The van der Waals surface area contributed by atoms with E-state index in [-0.39, 0.29) is 11.4 Å². The van der Waals surface area contributed by atoms with Gasteiger partial charge in [0.1, 0.15) is 11.6 Å². The van der Waals surface area contributed by atoms with Gasteiger partial charge in [-0.25, -0.2) is 4.39 Å². The predicted octanol–water partition coefficient (Wildman–Crippen LogP) is 0.575. The molecule has 18 heavy (non-hydrogen) atoms. The van der Waals surface area contributed by atoms with Crippen molar-refractivity contribution >= 4 is 17.6 Å². The Morgan fingerprint density at radius 3 is 2.78 bits per heavy atom. The molecule has 0 aromatic heterocycles. The number of rotatable bonds is 5. The molecule has 1 rings (SSSR count). The summed E-state index contributed by atoms with van der Waals surface area (Å²) in [5.74, 6) is -2.24. The second-order valence-corrected chi connectivity index (χ2v) is 3.54. The van der Waals surface area contributed by atoms with Gasteiger partial charge in [-0.2, -0.15) is 0 Å². The maximum atomic E-state index is 12.9. The van der Waals surface area contributed by atoms with E-state index in [1.807, 2.05) is 0 Å². The van der Waals surface area contributed by atoms with E-state index in [1.165, 1.54) is 13.2 Å². The van der Waals surface area contributed by atoms with E-state index in [0.717, 1.165) is 12.1 Å². The summed E-state index contributed by atoms with van der Waals surface area (Å²) in [6.07, 6.45) is -0.491. The van der Waals surface area contributed by atoms with E-state index < -0.39 is 30.2 Å². The molecule has 1 aromatic carbocycles. The number of carbonyl (C=O) groups is 2. The van der Waals surface area contributed by atoms with Crippen LogP contribution in [0.1, 0.15) is 6.42 Å². The average Bonchev–Trinajstić information content (AvgIpc) is 2.30. The molecule has 0 bridgehead atoms. The molecule has 0 radical (unpaired) electrons. The molecular formula is C11H13FN2O4. The second kappa shape index (κ2) is 5.97. The minimum atomic E-state index is -1.18. The number of anilines is 1. The largest absolute Gasteiger partial charge is 0.494 e. The van der Waals surface area contributed by atoms with Crippen LogP contribution >= 0.6 is 0 Å². The minimum absolute atomic E-state index is 0.130. The number of hydrogen-bond acceptors (Lipinski definition) is 4. The molecule has 1 aromatic rings. The van der Waals surface area contributed by atoms with Gasteiger partial charge in [0.2, 0.25) is 5.91 Å².